The van der Waals surface area contributed by atoms with Gasteiger partial charge in [-0.1, -0.05) is 31.5 Å². The minimum atomic E-state index is -3.88. The lowest BCUT2D eigenvalue weighted by Crippen LogP contribution is -2.49. The van der Waals surface area contributed by atoms with Gasteiger partial charge in [-0.25, -0.2) is 13.2 Å². The van der Waals surface area contributed by atoms with Gasteiger partial charge in [-0.15, -0.1) is 0 Å². The number of piperidine rings is 1. The van der Waals surface area contributed by atoms with Crippen LogP contribution in [0.15, 0.2) is 29.2 Å². The second-order valence-corrected chi connectivity index (χ2v) is 9.59. The van der Waals surface area contributed by atoms with Crippen LogP contribution in [0.4, 0.5) is 4.79 Å². The second kappa shape index (κ2) is 10.5. The Labute approximate surface area is 177 Å². The third-order valence-electron chi connectivity index (χ3n) is 4.62. The van der Waals surface area contributed by atoms with E-state index in [0.717, 1.165) is 9.87 Å². The lowest BCUT2D eigenvalue weighted by molar-refractivity contribution is -0.152. The van der Waals surface area contributed by atoms with Gasteiger partial charge in [-0.3, -0.25) is 14.9 Å². The van der Waals surface area contributed by atoms with E-state index in [1.165, 1.54) is 12.1 Å². The maximum absolute atomic E-state index is 13.0. The summed E-state index contributed by atoms with van der Waals surface area (Å²) in [6.07, 6.45) is 1.61. The molecular weight excluding hydrogens is 410 g/mol. The van der Waals surface area contributed by atoms with Crippen LogP contribution in [0.1, 0.15) is 38.7 Å². The highest BCUT2D eigenvalue weighted by Crippen LogP contribution is 2.26. The topological polar surface area (TPSA) is 122 Å². The molecule has 9 nitrogen and oxygen atoms in total. The Morgan fingerprint density at radius 3 is 2.47 bits per heavy atom. The number of carbonyl (C=O) groups excluding carboxylic acids is 3. The molecule has 1 aliphatic heterocycles. The van der Waals surface area contributed by atoms with Crippen LogP contribution in [0, 0.1) is 12.8 Å². The van der Waals surface area contributed by atoms with E-state index in [-0.39, 0.29) is 17.4 Å². The van der Waals surface area contributed by atoms with E-state index in [1.54, 1.807) is 12.1 Å². The summed E-state index contributed by atoms with van der Waals surface area (Å²) in [5, 5.41) is 4.58. The first-order valence-corrected chi connectivity index (χ1v) is 11.4. The first-order valence-electron chi connectivity index (χ1n) is 9.94. The number of ether oxygens (including phenoxy) is 1. The molecule has 1 aromatic rings. The molecule has 3 amide bonds. The Hall–Kier alpha value is -2.46. The molecule has 1 fully saturated rings. The number of amides is 3. The Kier molecular flexibility index (Phi) is 8.36. The maximum Gasteiger partial charge on any atom is 0.324 e. The SMILES string of the molecule is Cc1ccc(S(=O)(=O)N2CCCCC2C(=O)OCC(=O)NC(=O)NCC(C)C)cc1. The number of carbonyl (C=O) groups is 3. The molecule has 0 bridgehead atoms. The number of aryl methyl sites for hydroxylation is 1. The molecule has 1 atom stereocenters. The molecule has 0 radical (unpaired) electrons. The van der Waals surface area contributed by atoms with Gasteiger partial charge in [-0.2, -0.15) is 4.31 Å². The van der Waals surface area contributed by atoms with Crippen LogP contribution >= 0.6 is 0 Å². The summed E-state index contributed by atoms with van der Waals surface area (Å²) < 4.78 is 32.2. The fourth-order valence-electron chi connectivity index (χ4n) is 3.01. The Morgan fingerprint density at radius 1 is 1.17 bits per heavy atom. The van der Waals surface area contributed by atoms with Crippen LogP contribution in [0.5, 0.6) is 0 Å². The highest BCUT2D eigenvalue weighted by Gasteiger charge is 2.38. The predicted molar refractivity (Wildman–Crippen MR) is 110 cm³/mol. The van der Waals surface area contributed by atoms with E-state index >= 15 is 0 Å². The quantitative estimate of drug-likeness (QED) is 0.622. The molecule has 1 unspecified atom stereocenters. The van der Waals surface area contributed by atoms with Crippen LogP contribution in [0.2, 0.25) is 0 Å². The Bertz CT molecular complexity index is 867. The normalized spacial score (nSPS) is 17.4. The average molecular weight is 440 g/mol. The van der Waals surface area contributed by atoms with Crippen molar-refractivity contribution in [3.8, 4) is 0 Å². The van der Waals surface area contributed by atoms with Crippen molar-refractivity contribution in [1.82, 2.24) is 14.9 Å². The molecule has 30 heavy (non-hydrogen) atoms. The van der Waals surface area contributed by atoms with Crippen LogP contribution in [0.3, 0.4) is 0 Å². The van der Waals surface area contributed by atoms with Gasteiger partial charge in [0.25, 0.3) is 5.91 Å². The molecule has 10 heteroatoms. The molecule has 2 rings (SSSR count). The molecule has 0 spiro atoms. The van der Waals surface area contributed by atoms with Gasteiger partial charge < -0.3 is 10.1 Å². The number of nitrogens with one attached hydrogen (secondary N) is 2. The number of benzene rings is 1. The molecule has 0 saturated carbocycles. The summed E-state index contributed by atoms with van der Waals surface area (Å²) in [5.41, 5.74) is 0.923. The summed E-state index contributed by atoms with van der Waals surface area (Å²) >= 11 is 0. The van der Waals surface area contributed by atoms with E-state index in [4.69, 9.17) is 4.74 Å². The second-order valence-electron chi connectivity index (χ2n) is 7.70. The first kappa shape index (κ1) is 23.8. The lowest BCUT2D eigenvalue weighted by atomic mass is 10.1. The molecule has 1 saturated heterocycles. The number of sulfonamides is 1. The minimum absolute atomic E-state index is 0.104. The summed E-state index contributed by atoms with van der Waals surface area (Å²) in [5.74, 6) is -1.37. The number of urea groups is 1. The van der Waals surface area contributed by atoms with Crippen molar-refractivity contribution >= 4 is 27.9 Å². The number of rotatable bonds is 7. The fourth-order valence-corrected chi connectivity index (χ4v) is 4.66. The molecule has 2 N–H and O–H groups in total. The molecular formula is C20H29N3O6S. The van der Waals surface area contributed by atoms with Crippen molar-refractivity contribution in [3.05, 3.63) is 29.8 Å². The van der Waals surface area contributed by atoms with Crippen LogP contribution in [-0.4, -0.2) is 56.4 Å². The van der Waals surface area contributed by atoms with E-state index in [1.807, 2.05) is 20.8 Å². The smallest absolute Gasteiger partial charge is 0.324 e. The molecule has 1 aliphatic rings. The van der Waals surface area contributed by atoms with Gasteiger partial charge in [0.05, 0.1) is 4.90 Å². The van der Waals surface area contributed by atoms with Crippen molar-refractivity contribution in [2.45, 2.75) is 51.0 Å². The van der Waals surface area contributed by atoms with E-state index in [2.05, 4.69) is 10.6 Å². The lowest BCUT2D eigenvalue weighted by Gasteiger charge is -2.32. The van der Waals surface area contributed by atoms with Crippen molar-refractivity contribution in [2.24, 2.45) is 5.92 Å². The molecule has 166 valence electrons. The number of hydrogen-bond donors (Lipinski definition) is 2. The van der Waals surface area contributed by atoms with Crippen molar-refractivity contribution in [2.75, 3.05) is 19.7 Å². The van der Waals surface area contributed by atoms with Crippen molar-refractivity contribution in [1.29, 1.82) is 0 Å². The summed E-state index contributed by atoms with van der Waals surface area (Å²) in [6.45, 7) is 5.59. The van der Waals surface area contributed by atoms with Gasteiger partial charge in [-0.05, 0) is 44.2 Å². The monoisotopic (exact) mass is 439 g/mol. The van der Waals surface area contributed by atoms with Gasteiger partial charge in [0.15, 0.2) is 6.61 Å². The minimum Gasteiger partial charge on any atom is -0.454 e. The maximum atomic E-state index is 13.0. The van der Waals surface area contributed by atoms with Gasteiger partial charge >= 0.3 is 12.0 Å². The zero-order chi connectivity index (χ0) is 22.3. The number of esters is 1. The van der Waals surface area contributed by atoms with Crippen LogP contribution in [0.25, 0.3) is 0 Å². The summed E-state index contributed by atoms with van der Waals surface area (Å²) in [6, 6.07) is 4.71. The Morgan fingerprint density at radius 2 is 1.83 bits per heavy atom. The Balaban J connectivity index is 1.98. The first-order chi connectivity index (χ1) is 14.1. The van der Waals surface area contributed by atoms with Crippen molar-refractivity contribution in [3.63, 3.8) is 0 Å². The largest absolute Gasteiger partial charge is 0.454 e. The highest BCUT2D eigenvalue weighted by molar-refractivity contribution is 7.89. The van der Waals surface area contributed by atoms with E-state index < -0.39 is 40.6 Å². The third-order valence-corrected chi connectivity index (χ3v) is 6.55. The van der Waals surface area contributed by atoms with Gasteiger partial charge in [0.2, 0.25) is 10.0 Å². The number of imide groups is 1. The average Bonchev–Trinajstić information content (AvgIpc) is 2.70. The molecule has 1 heterocycles. The number of nitrogens with zero attached hydrogens (tertiary/aromatic N) is 1. The van der Waals surface area contributed by atoms with E-state index in [9.17, 15) is 22.8 Å². The molecule has 0 aromatic heterocycles. The molecule has 1 aromatic carbocycles. The standard InChI is InChI=1S/C20H29N3O6S/c1-14(2)12-21-20(26)22-18(24)13-29-19(25)17-6-4-5-11-23(17)30(27,28)16-9-7-15(3)8-10-16/h7-10,14,17H,4-6,11-13H2,1-3H3,(H2,21,22,24,26). The zero-order valence-electron chi connectivity index (χ0n) is 17.5. The predicted octanol–water partition coefficient (Wildman–Crippen LogP) is 1.56. The van der Waals surface area contributed by atoms with Gasteiger partial charge in [0, 0.05) is 13.1 Å². The highest BCUT2D eigenvalue weighted by atomic mass is 32.2. The number of hydrogen-bond acceptors (Lipinski definition) is 6. The van der Waals surface area contributed by atoms with Crippen LogP contribution in [-0.2, 0) is 24.3 Å². The summed E-state index contributed by atoms with van der Waals surface area (Å²) in [4.78, 5) is 36.1. The van der Waals surface area contributed by atoms with E-state index in [0.29, 0.717) is 25.8 Å². The van der Waals surface area contributed by atoms with Crippen molar-refractivity contribution < 1.29 is 27.5 Å². The molecule has 0 aliphatic carbocycles. The fraction of sp³-hybridized carbons (Fsp3) is 0.550. The van der Waals surface area contributed by atoms with Gasteiger partial charge in [0.1, 0.15) is 6.04 Å². The zero-order valence-corrected chi connectivity index (χ0v) is 18.3. The summed E-state index contributed by atoms with van der Waals surface area (Å²) in [7, 11) is -3.88. The van der Waals surface area contributed by atoms with Crippen LogP contribution < -0.4 is 10.6 Å². The third kappa shape index (κ3) is 6.53.